The number of methoxy groups -OCH3 is 4. The third-order valence-electron chi connectivity index (χ3n) is 5.79. The zero-order valence-corrected chi connectivity index (χ0v) is 19.3. The van der Waals surface area contributed by atoms with E-state index < -0.39 is 0 Å². The molecule has 1 aliphatic heterocycles. The molecule has 168 valence electrons. The van der Waals surface area contributed by atoms with Crippen LogP contribution in [0.1, 0.15) is 22.7 Å². The molecule has 2 aromatic carbocycles. The molecule has 8 heteroatoms. The van der Waals surface area contributed by atoms with Crippen molar-refractivity contribution in [2.75, 3.05) is 39.9 Å². The highest BCUT2D eigenvalue weighted by molar-refractivity contribution is 6.28. The fraction of sp³-hybridized carbons (Fsp3) is 0.333. The van der Waals surface area contributed by atoms with Crippen molar-refractivity contribution >= 4 is 17.4 Å². The Labute approximate surface area is 192 Å². The molecule has 1 aliphatic rings. The fourth-order valence-electron chi connectivity index (χ4n) is 4.24. The van der Waals surface area contributed by atoms with Crippen LogP contribution < -0.4 is 23.8 Å². The maximum absolute atomic E-state index is 6.12. The average Bonchev–Trinajstić information content (AvgIpc) is 2.83. The van der Waals surface area contributed by atoms with Gasteiger partial charge in [0.05, 0.1) is 34.5 Å². The summed E-state index contributed by atoms with van der Waals surface area (Å²) < 4.78 is 22.0. The number of halogens is 1. The summed E-state index contributed by atoms with van der Waals surface area (Å²) >= 11 is 6.12. The highest BCUT2D eigenvalue weighted by Crippen LogP contribution is 2.41. The van der Waals surface area contributed by atoms with E-state index in [9.17, 15) is 0 Å². The van der Waals surface area contributed by atoms with Crippen molar-refractivity contribution in [1.82, 2.24) is 9.97 Å². The Kier molecular flexibility index (Phi) is 6.55. The minimum absolute atomic E-state index is 0.00243. The molecular weight excluding hydrogens is 430 g/mol. The highest BCUT2D eigenvalue weighted by atomic mass is 35.5. The van der Waals surface area contributed by atoms with Crippen molar-refractivity contribution in [3.05, 3.63) is 64.6 Å². The van der Waals surface area contributed by atoms with E-state index in [1.165, 1.54) is 11.1 Å². The van der Waals surface area contributed by atoms with Gasteiger partial charge in [0.2, 0.25) is 5.28 Å². The molecule has 0 N–H and O–H groups in total. The van der Waals surface area contributed by atoms with Crippen molar-refractivity contribution in [3.8, 4) is 23.0 Å². The summed E-state index contributed by atoms with van der Waals surface area (Å²) in [6.07, 6.45) is 3.26. The molecule has 1 aromatic heterocycles. The van der Waals surface area contributed by atoms with Crippen LogP contribution in [0.4, 0.5) is 5.82 Å². The predicted molar refractivity (Wildman–Crippen MR) is 124 cm³/mol. The van der Waals surface area contributed by atoms with Gasteiger partial charge in [0.15, 0.2) is 23.0 Å². The van der Waals surface area contributed by atoms with Crippen LogP contribution in [0.3, 0.4) is 0 Å². The van der Waals surface area contributed by atoms with E-state index in [0.29, 0.717) is 17.2 Å². The molecule has 0 amide bonds. The minimum atomic E-state index is 0.00243. The van der Waals surface area contributed by atoms with Gasteiger partial charge in [-0.05, 0) is 71.5 Å². The minimum Gasteiger partial charge on any atom is -0.493 e. The molecule has 7 nitrogen and oxygen atoms in total. The zero-order chi connectivity index (χ0) is 22.7. The van der Waals surface area contributed by atoms with Crippen molar-refractivity contribution in [2.24, 2.45) is 0 Å². The molecule has 2 heterocycles. The third-order valence-corrected chi connectivity index (χ3v) is 5.97. The number of ether oxygens (including phenoxy) is 4. The van der Waals surface area contributed by atoms with E-state index >= 15 is 0 Å². The Balaban J connectivity index is 1.80. The normalized spacial score (nSPS) is 15.2. The second kappa shape index (κ2) is 9.53. The standard InChI is InChI=1S/C24H26ClN3O4/c1-29-19-6-5-15(12-20(19)30-2)11-18-17-14-22(32-4)21(31-3)13-16(17)8-10-28(18)23-7-9-26-24(25)27-23/h5-7,9,12-14,18H,8,10-11H2,1-4H3. The monoisotopic (exact) mass is 455 g/mol. The summed E-state index contributed by atoms with van der Waals surface area (Å²) in [6, 6.07) is 12.0. The Morgan fingerprint density at radius 2 is 1.59 bits per heavy atom. The molecule has 0 fully saturated rings. The number of fused-ring (bicyclic) bond motifs is 1. The lowest BCUT2D eigenvalue weighted by Crippen LogP contribution is -2.37. The van der Waals surface area contributed by atoms with Crippen molar-refractivity contribution < 1.29 is 18.9 Å². The molecule has 4 rings (SSSR count). The number of aromatic nitrogens is 2. The van der Waals surface area contributed by atoms with Crippen LogP contribution in [-0.2, 0) is 12.8 Å². The first-order valence-corrected chi connectivity index (χ1v) is 10.7. The van der Waals surface area contributed by atoms with Gasteiger partial charge in [-0.3, -0.25) is 0 Å². The maximum Gasteiger partial charge on any atom is 0.224 e. The molecule has 0 spiro atoms. The number of hydrogen-bond acceptors (Lipinski definition) is 7. The van der Waals surface area contributed by atoms with Gasteiger partial charge in [-0.1, -0.05) is 6.07 Å². The summed E-state index contributed by atoms with van der Waals surface area (Å²) in [5.74, 6) is 3.62. The number of hydrogen-bond donors (Lipinski definition) is 0. The van der Waals surface area contributed by atoms with Crippen LogP contribution in [0.2, 0.25) is 5.28 Å². The van der Waals surface area contributed by atoms with Gasteiger partial charge in [0.25, 0.3) is 0 Å². The Bertz CT molecular complexity index is 1110. The molecule has 0 bridgehead atoms. The molecule has 0 aliphatic carbocycles. The van der Waals surface area contributed by atoms with Gasteiger partial charge in [-0.2, -0.15) is 0 Å². The topological polar surface area (TPSA) is 65.9 Å². The van der Waals surface area contributed by atoms with Gasteiger partial charge < -0.3 is 23.8 Å². The fourth-order valence-corrected chi connectivity index (χ4v) is 4.38. The van der Waals surface area contributed by atoms with Crippen LogP contribution in [0, 0.1) is 0 Å². The van der Waals surface area contributed by atoms with Gasteiger partial charge >= 0.3 is 0 Å². The van der Waals surface area contributed by atoms with Crippen LogP contribution in [0.15, 0.2) is 42.6 Å². The van der Waals surface area contributed by atoms with E-state index in [2.05, 4.69) is 33.1 Å². The lowest BCUT2D eigenvalue weighted by atomic mass is 9.88. The van der Waals surface area contributed by atoms with Crippen LogP contribution in [-0.4, -0.2) is 45.0 Å². The van der Waals surface area contributed by atoms with E-state index in [4.69, 9.17) is 30.5 Å². The third kappa shape index (κ3) is 4.25. The van der Waals surface area contributed by atoms with E-state index in [0.717, 1.165) is 36.5 Å². The Hall–Kier alpha value is -3.19. The predicted octanol–water partition coefficient (Wildman–Crippen LogP) is 4.51. The van der Waals surface area contributed by atoms with Crippen LogP contribution >= 0.6 is 11.6 Å². The first kappa shape index (κ1) is 22.0. The van der Waals surface area contributed by atoms with Crippen molar-refractivity contribution in [1.29, 1.82) is 0 Å². The molecule has 0 saturated carbocycles. The number of anilines is 1. The molecule has 0 radical (unpaired) electrons. The molecule has 32 heavy (non-hydrogen) atoms. The number of rotatable bonds is 7. The van der Waals surface area contributed by atoms with Gasteiger partial charge in [-0.15, -0.1) is 0 Å². The second-order valence-corrected chi connectivity index (χ2v) is 7.78. The van der Waals surface area contributed by atoms with Crippen molar-refractivity contribution in [2.45, 2.75) is 18.9 Å². The molecule has 1 atom stereocenters. The highest BCUT2D eigenvalue weighted by Gasteiger charge is 2.30. The van der Waals surface area contributed by atoms with E-state index in [-0.39, 0.29) is 11.3 Å². The van der Waals surface area contributed by atoms with E-state index in [1.807, 2.05) is 18.2 Å². The molecule has 0 saturated heterocycles. The summed E-state index contributed by atoms with van der Waals surface area (Å²) in [5.41, 5.74) is 3.50. The first-order chi connectivity index (χ1) is 15.6. The molecule has 3 aromatic rings. The second-order valence-electron chi connectivity index (χ2n) is 7.44. The van der Waals surface area contributed by atoms with E-state index in [1.54, 1.807) is 34.6 Å². The van der Waals surface area contributed by atoms with Gasteiger partial charge in [-0.25, -0.2) is 9.97 Å². The lowest BCUT2D eigenvalue weighted by molar-refractivity contribution is 0.352. The summed E-state index contributed by atoms with van der Waals surface area (Å²) in [4.78, 5) is 10.8. The number of benzene rings is 2. The van der Waals surface area contributed by atoms with Gasteiger partial charge in [0, 0.05) is 12.7 Å². The lowest BCUT2D eigenvalue weighted by Gasteiger charge is -2.39. The molecule has 1 unspecified atom stereocenters. The summed E-state index contributed by atoms with van der Waals surface area (Å²) in [5, 5.41) is 0.227. The smallest absolute Gasteiger partial charge is 0.224 e. The Morgan fingerprint density at radius 3 is 2.28 bits per heavy atom. The number of nitrogens with zero attached hydrogens (tertiary/aromatic N) is 3. The van der Waals surface area contributed by atoms with Crippen molar-refractivity contribution in [3.63, 3.8) is 0 Å². The van der Waals surface area contributed by atoms with Crippen LogP contribution in [0.5, 0.6) is 23.0 Å². The van der Waals surface area contributed by atoms with Crippen LogP contribution in [0.25, 0.3) is 0 Å². The SMILES string of the molecule is COc1ccc(CC2c3cc(OC)c(OC)cc3CCN2c2ccnc(Cl)n2)cc1OC. The van der Waals surface area contributed by atoms with Gasteiger partial charge in [0.1, 0.15) is 5.82 Å². The quantitative estimate of drug-likeness (QED) is 0.485. The largest absolute Gasteiger partial charge is 0.493 e. The molecular formula is C24H26ClN3O4. The zero-order valence-electron chi connectivity index (χ0n) is 18.6. The summed E-state index contributed by atoms with van der Waals surface area (Å²) in [7, 11) is 6.58. The Morgan fingerprint density at radius 1 is 0.906 bits per heavy atom. The first-order valence-electron chi connectivity index (χ1n) is 10.3. The summed E-state index contributed by atoms with van der Waals surface area (Å²) in [6.45, 7) is 0.785. The average molecular weight is 456 g/mol. The maximum atomic E-state index is 6.12.